The first-order valence-electron chi connectivity index (χ1n) is 14.1. The third-order valence-corrected chi connectivity index (χ3v) is 10.8. The van der Waals surface area contributed by atoms with Crippen molar-refractivity contribution < 1.29 is 0 Å². The minimum absolute atomic E-state index is 0.472. The van der Waals surface area contributed by atoms with Crippen LogP contribution in [0.25, 0.3) is 0 Å². The molecule has 2 saturated heterocycles. The van der Waals surface area contributed by atoms with Gasteiger partial charge in [-0.25, -0.2) is 4.99 Å². The molecular formula is C32H36N6S. The summed E-state index contributed by atoms with van der Waals surface area (Å²) in [6.07, 6.45) is 4.84. The molecule has 6 nitrogen and oxygen atoms in total. The van der Waals surface area contributed by atoms with Crippen LogP contribution in [0.4, 0.5) is 11.4 Å². The Kier molecular flexibility index (Phi) is 6.01. The zero-order valence-electron chi connectivity index (χ0n) is 23.4. The molecule has 1 aliphatic carbocycles. The van der Waals surface area contributed by atoms with Crippen molar-refractivity contribution in [2.75, 3.05) is 36.2 Å². The zero-order chi connectivity index (χ0) is 27.6. The minimum Gasteiger partial charge on any atom is -0.367 e. The smallest absolute Gasteiger partial charge is 0.140 e. The van der Waals surface area contributed by atoms with Crippen molar-refractivity contribution in [3.05, 3.63) is 58.7 Å². The number of rotatable bonds is 2. The van der Waals surface area contributed by atoms with Crippen LogP contribution >= 0.6 is 12.2 Å². The molecule has 0 radical (unpaired) electrons. The molecule has 3 heterocycles. The molecule has 1 saturated carbocycles. The van der Waals surface area contributed by atoms with Gasteiger partial charge in [0.25, 0.3) is 0 Å². The maximum atomic E-state index is 11.2. The molecule has 2 bridgehead atoms. The molecule has 2 aromatic rings. The molecule has 2 aromatic carbocycles. The highest BCUT2D eigenvalue weighted by molar-refractivity contribution is 7.80. The Morgan fingerprint density at radius 1 is 0.769 bits per heavy atom. The molecule has 3 aliphatic heterocycles. The van der Waals surface area contributed by atoms with Crippen molar-refractivity contribution >= 4 is 34.4 Å². The van der Waals surface area contributed by atoms with Crippen LogP contribution in [0.15, 0.2) is 41.4 Å². The topological polar surface area (TPSA) is 69.7 Å². The summed E-state index contributed by atoms with van der Waals surface area (Å²) in [5.74, 6) is 0.774. The molecular weight excluding hydrogens is 500 g/mol. The van der Waals surface area contributed by atoms with E-state index in [0.717, 1.165) is 49.3 Å². The van der Waals surface area contributed by atoms with Crippen LogP contribution in [-0.4, -0.2) is 42.2 Å². The number of amidine groups is 1. The molecule has 0 amide bonds. The molecule has 4 aliphatic rings. The van der Waals surface area contributed by atoms with Crippen molar-refractivity contribution in [3.63, 3.8) is 0 Å². The van der Waals surface area contributed by atoms with E-state index in [0.29, 0.717) is 31.4 Å². The molecule has 200 valence electrons. The van der Waals surface area contributed by atoms with Crippen molar-refractivity contribution in [1.29, 1.82) is 10.5 Å². The average Bonchev–Trinajstić information content (AvgIpc) is 2.95. The summed E-state index contributed by atoms with van der Waals surface area (Å²) in [4.78, 5) is 12.3. The first-order valence-corrected chi connectivity index (χ1v) is 14.5. The Balaban J connectivity index is 1.52. The van der Waals surface area contributed by atoms with Gasteiger partial charge in [-0.2, -0.15) is 10.5 Å². The van der Waals surface area contributed by atoms with Gasteiger partial charge < -0.3 is 14.7 Å². The fourth-order valence-electron chi connectivity index (χ4n) is 7.71. The summed E-state index contributed by atoms with van der Waals surface area (Å²) >= 11 is 6.33. The third kappa shape index (κ3) is 3.42. The number of hydrogen-bond acceptors (Lipinski definition) is 6. The van der Waals surface area contributed by atoms with Gasteiger partial charge in [0.15, 0.2) is 0 Å². The van der Waals surface area contributed by atoms with Crippen LogP contribution in [0, 0.1) is 66.6 Å². The van der Waals surface area contributed by atoms with Gasteiger partial charge in [0, 0.05) is 29.9 Å². The summed E-state index contributed by atoms with van der Waals surface area (Å²) in [6.45, 7) is 10.5. The van der Waals surface area contributed by atoms with Crippen molar-refractivity contribution in [2.45, 2.75) is 59.8 Å². The first kappa shape index (κ1) is 25.8. The lowest BCUT2D eigenvalue weighted by Gasteiger charge is -2.68. The van der Waals surface area contributed by atoms with Gasteiger partial charge in [-0.05, 0) is 87.1 Å². The van der Waals surface area contributed by atoms with Crippen LogP contribution in [0.2, 0.25) is 0 Å². The molecule has 39 heavy (non-hydrogen) atoms. The highest BCUT2D eigenvalue weighted by atomic mass is 32.1. The first-order chi connectivity index (χ1) is 18.7. The minimum atomic E-state index is -0.958. The van der Waals surface area contributed by atoms with Gasteiger partial charge in [0.1, 0.15) is 28.3 Å². The predicted molar refractivity (Wildman–Crippen MR) is 160 cm³/mol. The third-order valence-electron chi connectivity index (χ3n) is 10.2. The molecule has 7 heteroatoms. The van der Waals surface area contributed by atoms with Crippen LogP contribution < -0.4 is 9.80 Å². The summed E-state index contributed by atoms with van der Waals surface area (Å²) in [7, 11) is 0. The summed E-state index contributed by atoms with van der Waals surface area (Å²) < 4.78 is 0. The van der Waals surface area contributed by atoms with E-state index in [2.05, 4.69) is 90.9 Å². The Morgan fingerprint density at radius 3 is 1.90 bits per heavy atom. The van der Waals surface area contributed by atoms with E-state index >= 15 is 0 Å². The Bertz CT molecular complexity index is 1470. The van der Waals surface area contributed by atoms with Crippen molar-refractivity contribution in [3.8, 4) is 12.1 Å². The van der Waals surface area contributed by atoms with E-state index < -0.39 is 16.2 Å². The summed E-state index contributed by atoms with van der Waals surface area (Å²) in [5.41, 5.74) is 4.64. The second-order valence-electron chi connectivity index (χ2n) is 12.1. The second kappa shape index (κ2) is 9.07. The number of nitrogens with zero attached hydrogens (tertiary/aromatic N) is 6. The van der Waals surface area contributed by atoms with Crippen LogP contribution in [0.3, 0.4) is 0 Å². The van der Waals surface area contributed by atoms with Crippen LogP contribution in [-0.2, 0) is 0 Å². The molecule has 3 fully saturated rings. The zero-order valence-corrected chi connectivity index (χ0v) is 24.2. The number of aliphatic imine (C=N–C) groups is 1. The lowest BCUT2D eigenvalue weighted by Crippen LogP contribution is -2.79. The molecule has 1 spiro atoms. The predicted octanol–water partition coefficient (Wildman–Crippen LogP) is 6.19. The van der Waals surface area contributed by atoms with Gasteiger partial charge >= 0.3 is 0 Å². The number of hydrogen-bond donors (Lipinski definition) is 0. The SMILES string of the molecule is Cc1ccc(N2CN=C3N(C2)C(=S)[C@@]2(C#N)CN(c4ccc(C)c(C)c4)C[C@@]3(C#N)C23CCCCC3)cc1C. The number of piperidine rings is 2. The number of nitriles is 2. The van der Waals surface area contributed by atoms with E-state index in [1.54, 1.807) is 0 Å². The van der Waals surface area contributed by atoms with E-state index in [1.807, 2.05) is 0 Å². The van der Waals surface area contributed by atoms with E-state index in [1.165, 1.54) is 22.3 Å². The summed E-state index contributed by atoms with van der Waals surface area (Å²) in [6, 6.07) is 18.5. The highest BCUT2D eigenvalue weighted by Gasteiger charge is 2.75. The number of aryl methyl sites for hydroxylation is 4. The maximum Gasteiger partial charge on any atom is 0.140 e. The van der Waals surface area contributed by atoms with Crippen LogP contribution in [0.1, 0.15) is 54.4 Å². The fourth-order valence-corrected chi connectivity index (χ4v) is 8.16. The van der Waals surface area contributed by atoms with Crippen molar-refractivity contribution in [2.24, 2.45) is 21.2 Å². The Hall–Kier alpha value is -3.42. The number of thiocarbonyl (C=S) groups is 1. The normalized spacial score (nSPS) is 27.5. The van der Waals surface area contributed by atoms with E-state index in [-0.39, 0.29) is 0 Å². The van der Waals surface area contributed by atoms with Gasteiger partial charge in [-0.3, -0.25) is 0 Å². The highest BCUT2D eigenvalue weighted by Crippen LogP contribution is 2.67. The molecule has 6 rings (SSSR count). The number of anilines is 2. The quantitative estimate of drug-likeness (QED) is 0.427. The standard InChI is InChI=1S/C32H36N6S/c1-22-8-10-26(14-24(22)3)36-18-30(16-33)28-35-20-37(27-11-9-23(2)25(4)15-27)21-38(28)29(39)31(17-34,19-36)32(30)12-6-5-7-13-32/h8-11,14-15H,5-7,12-13,18-21H2,1-4H3/t30-,31-/m1/s1. The number of fused-ring (bicyclic) bond motifs is 2. The molecule has 2 atom stereocenters. The maximum absolute atomic E-state index is 11.2. The van der Waals surface area contributed by atoms with Gasteiger partial charge in [-0.15, -0.1) is 0 Å². The van der Waals surface area contributed by atoms with Crippen LogP contribution in [0.5, 0.6) is 0 Å². The molecule has 0 aromatic heterocycles. The van der Waals surface area contributed by atoms with Crippen molar-refractivity contribution in [1.82, 2.24) is 4.90 Å². The lowest BCUT2D eigenvalue weighted by molar-refractivity contribution is -0.0223. The van der Waals surface area contributed by atoms with Gasteiger partial charge in [0.2, 0.25) is 0 Å². The fraction of sp³-hybridized carbons (Fsp3) is 0.500. The monoisotopic (exact) mass is 536 g/mol. The van der Waals surface area contributed by atoms with E-state index in [9.17, 15) is 10.5 Å². The van der Waals surface area contributed by atoms with Gasteiger partial charge in [-0.1, -0.05) is 43.6 Å². The molecule has 0 unspecified atom stereocenters. The average molecular weight is 537 g/mol. The number of benzene rings is 2. The Morgan fingerprint density at radius 2 is 1.33 bits per heavy atom. The summed E-state index contributed by atoms with van der Waals surface area (Å²) in [5, 5.41) is 22.3. The molecule has 0 N–H and O–H groups in total. The lowest BCUT2D eigenvalue weighted by atomic mass is 9.42. The van der Waals surface area contributed by atoms with Gasteiger partial charge in [0.05, 0.1) is 18.8 Å². The second-order valence-corrected chi connectivity index (χ2v) is 12.5. The van der Waals surface area contributed by atoms with E-state index in [4.69, 9.17) is 17.2 Å². The largest absolute Gasteiger partial charge is 0.367 e. The Labute approximate surface area is 237 Å².